The summed E-state index contributed by atoms with van der Waals surface area (Å²) >= 11 is 12.0. The van der Waals surface area contributed by atoms with Crippen LogP contribution in [0.3, 0.4) is 0 Å². The van der Waals surface area contributed by atoms with Crippen LogP contribution in [0.25, 0.3) is 17.0 Å². The lowest BCUT2D eigenvalue weighted by molar-refractivity contribution is 0.0703. The first kappa shape index (κ1) is 21.1. The van der Waals surface area contributed by atoms with E-state index in [-0.39, 0.29) is 28.8 Å². The van der Waals surface area contributed by atoms with E-state index in [4.69, 9.17) is 41.8 Å². The monoisotopic (exact) mass is 480 g/mol. The summed E-state index contributed by atoms with van der Waals surface area (Å²) in [6.45, 7) is 0. The maximum Gasteiger partial charge on any atom is 0.379 e. The topological polar surface area (TPSA) is 75.0 Å². The summed E-state index contributed by atoms with van der Waals surface area (Å²) in [5, 5.41) is 1.49. The smallest absolute Gasteiger partial charge is 0.379 e. The first-order valence-corrected chi connectivity index (χ1v) is 10.5. The van der Waals surface area contributed by atoms with E-state index in [0.29, 0.717) is 37.9 Å². The standard InChI is InChI=1S/C25H14Cl2O6/c1-30-19-4-2-3-14-11-22(33-24(14)19)25(29)31-15-6-7-16-20(12-15)32-21(23(16)28)10-13-5-8-17(26)18(27)9-13/h2-12H,1H3/b21-10-. The molecule has 2 heterocycles. The van der Waals surface area contributed by atoms with E-state index in [1.807, 2.05) is 0 Å². The van der Waals surface area contributed by atoms with E-state index < -0.39 is 5.97 Å². The largest absolute Gasteiger partial charge is 0.493 e. The van der Waals surface area contributed by atoms with E-state index in [1.54, 1.807) is 48.5 Å². The molecule has 33 heavy (non-hydrogen) atoms. The number of Topliss-reactive ketones (excluding diaryl/α,β-unsaturated/α-hetero) is 1. The number of benzene rings is 3. The number of rotatable bonds is 4. The minimum Gasteiger partial charge on any atom is -0.493 e. The van der Waals surface area contributed by atoms with Crippen molar-refractivity contribution in [3.8, 4) is 17.2 Å². The number of methoxy groups -OCH3 is 1. The van der Waals surface area contributed by atoms with Crippen molar-refractivity contribution >= 4 is 52.0 Å². The third kappa shape index (κ3) is 3.95. The Morgan fingerprint density at radius 2 is 1.85 bits per heavy atom. The second-order valence-corrected chi connectivity index (χ2v) is 7.96. The van der Waals surface area contributed by atoms with Crippen molar-refractivity contribution in [1.29, 1.82) is 0 Å². The molecule has 3 aromatic carbocycles. The van der Waals surface area contributed by atoms with Gasteiger partial charge in [0.2, 0.25) is 11.5 Å². The number of ketones is 1. The molecular formula is C25H14Cl2O6. The van der Waals surface area contributed by atoms with Gasteiger partial charge in [-0.2, -0.15) is 0 Å². The number of carbonyl (C=O) groups is 2. The van der Waals surface area contributed by atoms with Gasteiger partial charge >= 0.3 is 5.97 Å². The summed E-state index contributed by atoms with van der Waals surface area (Å²) in [5.41, 5.74) is 1.47. The van der Waals surface area contributed by atoms with Gasteiger partial charge in [-0.05, 0) is 48.0 Å². The van der Waals surface area contributed by atoms with Crippen molar-refractivity contribution in [3.63, 3.8) is 0 Å². The van der Waals surface area contributed by atoms with Gasteiger partial charge in [0, 0.05) is 11.5 Å². The summed E-state index contributed by atoms with van der Waals surface area (Å²) in [6.07, 6.45) is 1.57. The fourth-order valence-electron chi connectivity index (χ4n) is 3.44. The van der Waals surface area contributed by atoms with Crippen LogP contribution >= 0.6 is 23.2 Å². The molecule has 8 heteroatoms. The molecule has 164 valence electrons. The highest BCUT2D eigenvalue weighted by atomic mass is 35.5. The summed E-state index contributed by atoms with van der Waals surface area (Å²) < 4.78 is 22.0. The SMILES string of the molecule is COc1cccc2cc(C(=O)Oc3ccc4c(c3)O/C(=C\c3ccc(Cl)c(Cl)c3)C4=O)oc12. The molecule has 0 amide bonds. The van der Waals surface area contributed by atoms with Crippen LogP contribution in [0.1, 0.15) is 26.5 Å². The molecule has 0 saturated carbocycles. The predicted octanol–water partition coefficient (Wildman–Crippen LogP) is 6.58. The molecule has 0 N–H and O–H groups in total. The zero-order chi connectivity index (χ0) is 23.1. The third-order valence-electron chi connectivity index (χ3n) is 5.02. The van der Waals surface area contributed by atoms with Crippen molar-refractivity contribution in [1.82, 2.24) is 0 Å². The Hall–Kier alpha value is -3.74. The molecule has 0 aliphatic carbocycles. The van der Waals surface area contributed by atoms with Crippen LogP contribution in [0.2, 0.25) is 10.0 Å². The lowest BCUT2D eigenvalue weighted by Gasteiger charge is -2.04. The zero-order valence-electron chi connectivity index (χ0n) is 17.1. The predicted molar refractivity (Wildman–Crippen MR) is 124 cm³/mol. The van der Waals surface area contributed by atoms with E-state index in [1.165, 1.54) is 25.3 Å². The quantitative estimate of drug-likeness (QED) is 0.186. The molecule has 0 atom stereocenters. The molecule has 1 aromatic heterocycles. The van der Waals surface area contributed by atoms with Crippen LogP contribution in [0.4, 0.5) is 0 Å². The first-order valence-electron chi connectivity index (χ1n) is 9.75. The van der Waals surface area contributed by atoms with Gasteiger partial charge in [-0.15, -0.1) is 0 Å². The maximum absolute atomic E-state index is 12.7. The summed E-state index contributed by atoms with van der Waals surface area (Å²) in [7, 11) is 1.52. The molecule has 0 bridgehead atoms. The lowest BCUT2D eigenvalue weighted by atomic mass is 10.1. The molecule has 5 rings (SSSR count). The molecule has 0 saturated heterocycles. The van der Waals surface area contributed by atoms with Gasteiger partial charge in [0.25, 0.3) is 0 Å². The van der Waals surface area contributed by atoms with Gasteiger partial charge in [0.05, 0.1) is 22.7 Å². The van der Waals surface area contributed by atoms with Crippen LogP contribution in [0.5, 0.6) is 17.2 Å². The lowest BCUT2D eigenvalue weighted by Crippen LogP contribution is -2.07. The Morgan fingerprint density at radius 1 is 1.00 bits per heavy atom. The van der Waals surface area contributed by atoms with Crippen LogP contribution in [0.15, 0.2) is 70.8 Å². The number of allylic oxidation sites excluding steroid dienone is 1. The molecule has 1 aliphatic heterocycles. The molecule has 6 nitrogen and oxygen atoms in total. The van der Waals surface area contributed by atoms with Gasteiger partial charge in [0.1, 0.15) is 11.5 Å². The number of furan rings is 1. The second-order valence-electron chi connectivity index (χ2n) is 7.15. The zero-order valence-corrected chi connectivity index (χ0v) is 18.6. The van der Waals surface area contributed by atoms with E-state index in [0.717, 1.165) is 0 Å². The van der Waals surface area contributed by atoms with E-state index in [9.17, 15) is 9.59 Å². The summed E-state index contributed by atoms with van der Waals surface area (Å²) in [5.74, 6) is 0.154. The molecule has 0 fully saturated rings. The normalized spacial score (nSPS) is 13.8. The minimum absolute atomic E-state index is 0.0206. The minimum atomic E-state index is -0.691. The van der Waals surface area contributed by atoms with Gasteiger partial charge in [-0.1, -0.05) is 41.4 Å². The highest BCUT2D eigenvalue weighted by Crippen LogP contribution is 2.36. The van der Waals surface area contributed by atoms with Gasteiger partial charge < -0.3 is 18.6 Å². The van der Waals surface area contributed by atoms with Crippen molar-refractivity contribution < 1.29 is 28.2 Å². The number of hydrogen-bond acceptors (Lipinski definition) is 6. The number of halogens is 2. The average Bonchev–Trinajstić information content (AvgIpc) is 3.37. The molecule has 4 aromatic rings. The number of ether oxygens (including phenoxy) is 3. The van der Waals surface area contributed by atoms with Crippen molar-refractivity contribution in [3.05, 3.63) is 93.4 Å². The molecule has 1 aliphatic rings. The number of hydrogen-bond donors (Lipinski definition) is 0. The molecule has 0 spiro atoms. The third-order valence-corrected chi connectivity index (χ3v) is 5.76. The molecule has 0 unspecified atom stereocenters. The number of carbonyl (C=O) groups excluding carboxylic acids is 2. The Morgan fingerprint density at radius 3 is 2.64 bits per heavy atom. The van der Waals surface area contributed by atoms with Crippen LogP contribution in [0, 0.1) is 0 Å². The fraction of sp³-hybridized carbons (Fsp3) is 0.0400. The highest BCUT2D eigenvalue weighted by Gasteiger charge is 2.28. The Labute approximate surface area is 197 Å². The van der Waals surface area contributed by atoms with Crippen LogP contribution in [-0.2, 0) is 0 Å². The Bertz CT molecular complexity index is 1470. The Kier molecular flexibility index (Phi) is 5.32. The highest BCUT2D eigenvalue weighted by molar-refractivity contribution is 6.42. The first-order chi connectivity index (χ1) is 15.9. The summed E-state index contributed by atoms with van der Waals surface area (Å²) in [6, 6.07) is 16.4. The van der Waals surface area contributed by atoms with Gasteiger partial charge in [-0.25, -0.2) is 4.79 Å². The van der Waals surface area contributed by atoms with E-state index >= 15 is 0 Å². The Balaban J connectivity index is 1.37. The number of fused-ring (bicyclic) bond motifs is 2. The summed E-state index contributed by atoms with van der Waals surface area (Å²) in [4.78, 5) is 25.3. The van der Waals surface area contributed by atoms with Crippen molar-refractivity contribution in [2.45, 2.75) is 0 Å². The van der Waals surface area contributed by atoms with Gasteiger partial charge in [-0.3, -0.25) is 4.79 Å². The van der Waals surface area contributed by atoms with Crippen LogP contribution < -0.4 is 14.2 Å². The fourth-order valence-corrected chi connectivity index (χ4v) is 3.75. The maximum atomic E-state index is 12.7. The van der Waals surface area contributed by atoms with Crippen molar-refractivity contribution in [2.75, 3.05) is 7.11 Å². The number of esters is 1. The second kappa shape index (κ2) is 8.31. The molecule has 0 radical (unpaired) electrons. The van der Waals surface area contributed by atoms with E-state index in [2.05, 4.69) is 0 Å². The van der Waals surface area contributed by atoms with Crippen LogP contribution in [-0.4, -0.2) is 18.9 Å². The average molecular weight is 481 g/mol. The van der Waals surface area contributed by atoms with Gasteiger partial charge in [0.15, 0.2) is 17.1 Å². The van der Waals surface area contributed by atoms with Crippen molar-refractivity contribution in [2.24, 2.45) is 0 Å². The molecular weight excluding hydrogens is 467 g/mol. The number of para-hydroxylation sites is 1.